The van der Waals surface area contributed by atoms with Crippen LogP contribution >= 0.6 is 0 Å². The van der Waals surface area contributed by atoms with Crippen molar-refractivity contribution in [3.8, 4) is 0 Å². The maximum Gasteiger partial charge on any atom is 0.0727 e. The van der Waals surface area contributed by atoms with E-state index in [9.17, 15) is 0 Å². The van der Waals surface area contributed by atoms with Crippen LogP contribution in [0.2, 0.25) is 0 Å². The van der Waals surface area contributed by atoms with Gasteiger partial charge in [0.25, 0.3) is 0 Å². The minimum absolute atomic E-state index is 0.810. The summed E-state index contributed by atoms with van der Waals surface area (Å²) < 4.78 is 5.46. The fourth-order valence-corrected chi connectivity index (χ4v) is 2.10. The highest BCUT2D eigenvalue weighted by molar-refractivity contribution is 5.41. The number of benzene rings is 1. The van der Waals surface area contributed by atoms with Crippen LogP contribution in [0.5, 0.6) is 0 Å². The van der Waals surface area contributed by atoms with Crippen LogP contribution in [-0.2, 0) is 24.4 Å². The van der Waals surface area contributed by atoms with E-state index in [0.717, 1.165) is 13.2 Å². The SMILES string of the molecule is CCCCc1ccc2c(c1C)COC2. The largest absolute Gasteiger partial charge is 0.372 e. The minimum atomic E-state index is 0.810. The van der Waals surface area contributed by atoms with Gasteiger partial charge in [0.15, 0.2) is 0 Å². The van der Waals surface area contributed by atoms with Crippen molar-refractivity contribution in [3.63, 3.8) is 0 Å². The molecule has 0 aromatic heterocycles. The van der Waals surface area contributed by atoms with E-state index in [1.807, 2.05) is 0 Å². The zero-order valence-corrected chi connectivity index (χ0v) is 9.10. The highest BCUT2D eigenvalue weighted by atomic mass is 16.5. The molecule has 1 aliphatic rings. The van der Waals surface area contributed by atoms with Gasteiger partial charge < -0.3 is 4.74 Å². The van der Waals surface area contributed by atoms with Crippen molar-refractivity contribution in [1.29, 1.82) is 0 Å². The van der Waals surface area contributed by atoms with Crippen molar-refractivity contribution in [2.45, 2.75) is 46.3 Å². The lowest BCUT2D eigenvalue weighted by Crippen LogP contribution is -1.95. The molecule has 1 nitrogen and oxygen atoms in total. The second-order valence-corrected chi connectivity index (χ2v) is 4.08. The van der Waals surface area contributed by atoms with Crippen molar-refractivity contribution in [1.82, 2.24) is 0 Å². The Labute approximate surface area is 86.1 Å². The third kappa shape index (κ3) is 1.69. The lowest BCUT2D eigenvalue weighted by molar-refractivity contribution is 0.134. The Morgan fingerprint density at radius 3 is 2.93 bits per heavy atom. The summed E-state index contributed by atoms with van der Waals surface area (Å²) in [6.07, 6.45) is 3.78. The molecule has 1 aromatic carbocycles. The Morgan fingerprint density at radius 1 is 1.29 bits per heavy atom. The predicted octanol–water partition coefficient (Wildman–Crippen LogP) is 3.37. The Bertz CT molecular complexity index is 328. The molecule has 1 heteroatoms. The van der Waals surface area contributed by atoms with E-state index < -0.39 is 0 Å². The summed E-state index contributed by atoms with van der Waals surface area (Å²) in [7, 11) is 0. The quantitative estimate of drug-likeness (QED) is 0.710. The normalized spacial score (nSPS) is 14.4. The smallest absolute Gasteiger partial charge is 0.0727 e. The summed E-state index contributed by atoms with van der Waals surface area (Å²) >= 11 is 0. The molecule has 0 aliphatic carbocycles. The van der Waals surface area contributed by atoms with Crippen molar-refractivity contribution >= 4 is 0 Å². The van der Waals surface area contributed by atoms with Gasteiger partial charge in [-0.05, 0) is 42.0 Å². The third-order valence-corrected chi connectivity index (χ3v) is 3.11. The number of hydrogen-bond acceptors (Lipinski definition) is 1. The van der Waals surface area contributed by atoms with Crippen LogP contribution in [0, 0.1) is 6.92 Å². The van der Waals surface area contributed by atoms with Gasteiger partial charge in [0, 0.05) is 0 Å². The molecule has 0 amide bonds. The maximum absolute atomic E-state index is 5.46. The fraction of sp³-hybridized carbons (Fsp3) is 0.538. The molecule has 0 bridgehead atoms. The summed E-state index contributed by atoms with van der Waals surface area (Å²) in [5.41, 5.74) is 5.81. The van der Waals surface area contributed by atoms with Crippen LogP contribution in [0.1, 0.15) is 42.0 Å². The molecule has 2 rings (SSSR count). The van der Waals surface area contributed by atoms with Crippen LogP contribution in [0.4, 0.5) is 0 Å². The zero-order chi connectivity index (χ0) is 9.97. The zero-order valence-electron chi connectivity index (χ0n) is 9.10. The van der Waals surface area contributed by atoms with E-state index in [1.165, 1.54) is 41.5 Å². The van der Waals surface area contributed by atoms with E-state index in [1.54, 1.807) is 0 Å². The van der Waals surface area contributed by atoms with Crippen LogP contribution < -0.4 is 0 Å². The molecule has 0 atom stereocenters. The highest BCUT2D eigenvalue weighted by Gasteiger charge is 2.14. The molecule has 0 fully saturated rings. The van der Waals surface area contributed by atoms with Crippen LogP contribution in [-0.4, -0.2) is 0 Å². The van der Waals surface area contributed by atoms with Gasteiger partial charge in [-0.15, -0.1) is 0 Å². The van der Waals surface area contributed by atoms with E-state index in [4.69, 9.17) is 4.74 Å². The maximum atomic E-state index is 5.46. The first-order valence-electron chi connectivity index (χ1n) is 5.51. The number of unbranched alkanes of at least 4 members (excludes halogenated alkanes) is 1. The van der Waals surface area contributed by atoms with E-state index in [2.05, 4.69) is 26.0 Å². The van der Waals surface area contributed by atoms with Gasteiger partial charge in [0.2, 0.25) is 0 Å². The highest BCUT2D eigenvalue weighted by Crippen LogP contribution is 2.26. The van der Waals surface area contributed by atoms with Gasteiger partial charge in [-0.2, -0.15) is 0 Å². The predicted molar refractivity (Wildman–Crippen MR) is 58.3 cm³/mol. The second-order valence-electron chi connectivity index (χ2n) is 4.08. The van der Waals surface area contributed by atoms with Crippen molar-refractivity contribution in [2.24, 2.45) is 0 Å². The summed E-state index contributed by atoms with van der Waals surface area (Å²) in [6, 6.07) is 4.51. The molecule has 0 unspecified atom stereocenters. The molecule has 76 valence electrons. The van der Waals surface area contributed by atoms with Gasteiger partial charge in [-0.25, -0.2) is 0 Å². The number of fused-ring (bicyclic) bond motifs is 1. The Hall–Kier alpha value is -0.820. The molecular formula is C13H18O. The standard InChI is InChI=1S/C13H18O/c1-3-4-5-11-6-7-12-8-14-9-13(12)10(11)2/h6-7H,3-5,8-9H2,1-2H3. The molecule has 0 N–H and O–H groups in total. The van der Waals surface area contributed by atoms with Crippen LogP contribution in [0.25, 0.3) is 0 Å². The summed E-state index contributed by atoms with van der Waals surface area (Å²) in [4.78, 5) is 0. The van der Waals surface area contributed by atoms with Crippen molar-refractivity contribution in [3.05, 3.63) is 34.4 Å². The van der Waals surface area contributed by atoms with Gasteiger partial charge in [-0.1, -0.05) is 25.5 Å². The molecule has 14 heavy (non-hydrogen) atoms. The van der Waals surface area contributed by atoms with Gasteiger partial charge in [0.05, 0.1) is 13.2 Å². The monoisotopic (exact) mass is 190 g/mol. The lowest BCUT2D eigenvalue weighted by Gasteiger charge is -2.09. The summed E-state index contributed by atoms with van der Waals surface area (Å²) in [6.45, 7) is 6.11. The van der Waals surface area contributed by atoms with Gasteiger partial charge in [0.1, 0.15) is 0 Å². The molecule has 0 saturated heterocycles. The van der Waals surface area contributed by atoms with E-state index in [-0.39, 0.29) is 0 Å². The Morgan fingerprint density at radius 2 is 2.14 bits per heavy atom. The third-order valence-electron chi connectivity index (χ3n) is 3.11. The number of hydrogen-bond donors (Lipinski definition) is 0. The lowest BCUT2D eigenvalue weighted by atomic mass is 9.96. The molecular weight excluding hydrogens is 172 g/mol. The molecule has 0 spiro atoms. The molecule has 1 aliphatic heterocycles. The fourth-order valence-electron chi connectivity index (χ4n) is 2.10. The number of rotatable bonds is 3. The Balaban J connectivity index is 2.26. The first-order chi connectivity index (χ1) is 6.83. The van der Waals surface area contributed by atoms with Crippen molar-refractivity contribution in [2.75, 3.05) is 0 Å². The average Bonchev–Trinajstić information content (AvgIpc) is 2.66. The molecule has 0 radical (unpaired) electrons. The number of ether oxygens (including phenoxy) is 1. The Kier molecular flexibility index (Phi) is 2.87. The minimum Gasteiger partial charge on any atom is -0.372 e. The van der Waals surface area contributed by atoms with E-state index >= 15 is 0 Å². The first-order valence-corrected chi connectivity index (χ1v) is 5.51. The molecule has 1 aromatic rings. The van der Waals surface area contributed by atoms with Crippen molar-refractivity contribution < 1.29 is 4.74 Å². The average molecular weight is 190 g/mol. The van der Waals surface area contributed by atoms with Gasteiger partial charge >= 0.3 is 0 Å². The summed E-state index contributed by atoms with van der Waals surface area (Å²) in [5.74, 6) is 0. The second kappa shape index (κ2) is 4.14. The first kappa shape index (κ1) is 9.72. The summed E-state index contributed by atoms with van der Waals surface area (Å²) in [5, 5.41) is 0. The van der Waals surface area contributed by atoms with Gasteiger partial charge in [-0.3, -0.25) is 0 Å². The van der Waals surface area contributed by atoms with Crippen LogP contribution in [0.15, 0.2) is 12.1 Å². The topological polar surface area (TPSA) is 9.23 Å². The molecule has 0 saturated carbocycles. The number of aryl methyl sites for hydroxylation is 1. The van der Waals surface area contributed by atoms with Crippen LogP contribution in [0.3, 0.4) is 0 Å². The van der Waals surface area contributed by atoms with E-state index in [0.29, 0.717) is 0 Å². The molecule has 1 heterocycles.